The first-order valence-corrected chi connectivity index (χ1v) is 10.9. The monoisotopic (exact) mass is 440 g/mol. The highest BCUT2D eigenvalue weighted by atomic mass is 16.5. The predicted molar refractivity (Wildman–Crippen MR) is 134 cm³/mol. The summed E-state index contributed by atoms with van der Waals surface area (Å²) in [6, 6.07) is 28.7. The maximum absolute atomic E-state index is 8.92. The molecule has 0 saturated carbocycles. The second kappa shape index (κ2) is 8.62. The van der Waals surface area contributed by atoms with Crippen LogP contribution >= 0.6 is 0 Å². The molecule has 0 radical (unpaired) electrons. The Hall–Kier alpha value is -4.80. The number of nitrogens with zero attached hydrogens (tertiary/aromatic N) is 2. The van der Waals surface area contributed by atoms with E-state index < -0.39 is 0 Å². The van der Waals surface area contributed by atoms with Gasteiger partial charge in [0.15, 0.2) is 0 Å². The molecule has 0 amide bonds. The first-order valence-electron chi connectivity index (χ1n) is 10.9. The van der Waals surface area contributed by atoms with E-state index in [1.165, 1.54) is 0 Å². The number of benzene rings is 5. The van der Waals surface area contributed by atoms with Crippen LogP contribution in [-0.2, 0) is 0 Å². The Bertz CT molecular complexity index is 1480. The molecule has 0 aliphatic carbocycles. The van der Waals surface area contributed by atoms with E-state index in [9.17, 15) is 0 Å². The third-order valence-electron chi connectivity index (χ3n) is 6.17. The summed E-state index contributed by atoms with van der Waals surface area (Å²) in [5.41, 5.74) is 6.22. The maximum atomic E-state index is 8.92. The van der Waals surface area contributed by atoms with Gasteiger partial charge in [0.2, 0.25) is 0 Å². The van der Waals surface area contributed by atoms with Crippen LogP contribution in [0.5, 0.6) is 11.5 Å². The van der Waals surface area contributed by atoms with Crippen LogP contribution in [-0.4, -0.2) is 0 Å². The standard InChI is InChI=1S/C30H20N2O2/c1-19-15-21(11-13-27(19)33-17-31)29-23-7-3-5-9-25(23)30(26-10-6-4-8-24(26)29)22-12-14-28(34-18-32)20(2)16-22/h3-16H,1-2H3. The average molecular weight is 441 g/mol. The summed E-state index contributed by atoms with van der Waals surface area (Å²) >= 11 is 0. The molecule has 0 aliphatic heterocycles. The van der Waals surface area contributed by atoms with Crippen molar-refractivity contribution in [1.82, 2.24) is 0 Å². The Labute approximate surface area is 197 Å². The van der Waals surface area contributed by atoms with Crippen molar-refractivity contribution in [2.45, 2.75) is 13.8 Å². The fraction of sp³-hybridized carbons (Fsp3) is 0.0667. The van der Waals surface area contributed by atoms with Crippen molar-refractivity contribution in [3.63, 3.8) is 0 Å². The topological polar surface area (TPSA) is 66.0 Å². The molecule has 0 spiro atoms. The molecule has 0 aliphatic rings. The van der Waals surface area contributed by atoms with Gasteiger partial charge in [0.05, 0.1) is 0 Å². The van der Waals surface area contributed by atoms with Gasteiger partial charge in [-0.2, -0.15) is 0 Å². The van der Waals surface area contributed by atoms with Crippen LogP contribution in [0.4, 0.5) is 0 Å². The van der Waals surface area contributed by atoms with Crippen LogP contribution < -0.4 is 9.47 Å². The number of aryl methyl sites for hydroxylation is 2. The van der Waals surface area contributed by atoms with E-state index in [0.717, 1.165) is 54.9 Å². The van der Waals surface area contributed by atoms with Gasteiger partial charge in [0.25, 0.3) is 12.5 Å². The number of ether oxygens (including phenoxy) is 2. The predicted octanol–water partition coefficient (Wildman–Crippen LogP) is 7.66. The van der Waals surface area contributed by atoms with E-state index in [4.69, 9.17) is 20.0 Å². The lowest BCUT2D eigenvalue weighted by molar-refractivity contribution is 0.503. The molecule has 4 nitrogen and oxygen atoms in total. The summed E-state index contributed by atoms with van der Waals surface area (Å²) < 4.78 is 10.2. The van der Waals surface area contributed by atoms with Crippen molar-refractivity contribution in [2.24, 2.45) is 0 Å². The summed E-state index contributed by atoms with van der Waals surface area (Å²) in [6.07, 6.45) is 3.52. The zero-order chi connectivity index (χ0) is 23.7. The van der Waals surface area contributed by atoms with Crippen molar-refractivity contribution in [3.05, 3.63) is 96.1 Å². The highest BCUT2D eigenvalue weighted by molar-refractivity contribution is 6.21. The highest BCUT2D eigenvalue weighted by Crippen LogP contribution is 2.44. The number of fused-ring (bicyclic) bond motifs is 2. The minimum Gasteiger partial charge on any atom is -0.388 e. The molecule has 0 bridgehead atoms. The van der Waals surface area contributed by atoms with Gasteiger partial charge in [-0.3, -0.25) is 0 Å². The maximum Gasteiger partial charge on any atom is 0.292 e. The Morgan fingerprint density at radius 3 is 1.18 bits per heavy atom. The molecule has 0 heterocycles. The zero-order valence-electron chi connectivity index (χ0n) is 18.8. The largest absolute Gasteiger partial charge is 0.388 e. The molecule has 162 valence electrons. The molecule has 0 fully saturated rings. The third kappa shape index (κ3) is 3.48. The van der Waals surface area contributed by atoms with Crippen LogP contribution in [0.15, 0.2) is 84.9 Å². The van der Waals surface area contributed by atoms with Crippen LogP contribution in [0, 0.1) is 36.9 Å². The van der Waals surface area contributed by atoms with Gasteiger partial charge in [-0.15, -0.1) is 10.5 Å². The van der Waals surface area contributed by atoms with Crippen molar-refractivity contribution in [1.29, 1.82) is 10.5 Å². The summed E-state index contributed by atoms with van der Waals surface area (Å²) in [7, 11) is 0. The molecule has 5 aromatic carbocycles. The smallest absolute Gasteiger partial charge is 0.292 e. The molecular weight excluding hydrogens is 420 g/mol. The van der Waals surface area contributed by atoms with E-state index >= 15 is 0 Å². The number of hydrogen-bond acceptors (Lipinski definition) is 4. The molecule has 5 rings (SSSR count). The minimum atomic E-state index is 0.562. The molecule has 0 atom stereocenters. The van der Waals surface area contributed by atoms with E-state index in [2.05, 4.69) is 60.7 Å². The second-order valence-corrected chi connectivity index (χ2v) is 8.19. The second-order valence-electron chi connectivity index (χ2n) is 8.19. The fourth-order valence-electron chi connectivity index (χ4n) is 4.69. The molecule has 0 saturated heterocycles. The molecular formula is C30H20N2O2. The van der Waals surface area contributed by atoms with Gasteiger partial charge < -0.3 is 9.47 Å². The Morgan fingerprint density at radius 2 is 0.882 bits per heavy atom. The average Bonchev–Trinajstić information content (AvgIpc) is 2.85. The van der Waals surface area contributed by atoms with E-state index in [1.807, 2.05) is 38.1 Å². The fourth-order valence-corrected chi connectivity index (χ4v) is 4.69. The quantitative estimate of drug-likeness (QED) is 0.212. The third-order valence-corrected chi connectivity index (χ3v) is 6.17. The molecule has 4 heteroatoms. The van der Waals surface area contributed by atoms with Crippen LogP contribution in [0.2, 0.25) is 0 Å². The van der Waals surface area contributed by atoms with Gasteiger partial charge in [0, 0.05) is 0 Å². The molecule has 0 aromatic heterocycles. The van der Waals surface area contributed by atoms with E-state index in [1.54, 1.807) is 12.5 Å². The van der Waals surface area contributed by atoms with Crippen LogP contribution in [0.25, 0.3) is 43.8 Å². The van der Waals surface area contributed by atoms with Gasteiger partial charge in [-0.25, -0.2) is 0 Å². The summed E-state index contributed by atoms with van der Waals surface area (Å²) in [6.45, 7) is 3.89. The number of rotatable bonds is 4. The van der Waals surface area contributed by atoms with Gasteiger partial charge in [0.1, 0.15) is 11.5 Å². The normalized spacial score (nSPS) is 10.6. The SMILES string of the molecule is Cc1cc(-c2c3ccccc3c(-c3ccc(OC#N)c(C)c3)c3ccccc23)ccc1OC#N. The Kier molecular flexibility index (Phi) is 5.34. The van der Waals surface area contributed by atoms with Crippen molar-refractivity contribution in [3.8, 4) is 46.3 Å². The first-order chi connectivity index (χ1) is 16.6. The Morgan fingerprint density at radius 1 is 0.529 bits per heavy atom. The van der Waals surface area contributed by atoms with Crippen LogP contribution in [0.3, 0.4) is 0 Å². The van der Waals surface area contributed by atoms with Gasteiger partial charge in [-0.1, -0.05) is 60.7 Å². The summed E-state index contributed by atoms with van der Waals surface area (Å²) in [5.74, 6) is 1.12. The van der Waals surface area contributed by atoms with Crippen molar-refractivity contribution < 1.29 is 9.47 Å². The van der Waals surface area contributed by atoms with Crippen molar-refractivity contribution in [2.75, 3.05) is 0 Å². The Balaban J connectivity index is 1.85. The molecule has 34 heavy (non-hydrogen) atoms. The lowest BCUT2D eigenvalue weighted by Crippen LogP contribution is -1.93. The van der Waals surface area contributed by atoms with E-state index in [0.29, 0.717) is 11.5 Å². The number of nitriles is 2. The molecule has 5 aromatic rings. The lowest BCUT2D eigenvalue weighted by Gasteiger charge is -2.18. The molecule has 0 N–H and O–H groups in total. The summed E-state index contributed by atoms with van der Waals surface area (Å²) in [4.78, 5) is 0. The van der Waals surface area contributed by atoms with Gasteiger partial charge >= 0.3 is 0 Å². The van der Waals surface area contributed by atoms with Gasteiger partial charge in [-0.05, 0) is 93.0 Å². The summed E-state index contributed by atoms with van der Waals surface area (Å²) in [5, 5.41) is 22.4. The minimum absolute atomic E-state index is 0.562. The number of hydrogen-bond donors (Lipinski definition) is 0. The lowest BCUT2D eigenvalue weighted by atomic mass is 9.85. The zero-order valence-corrected chi connectivity index (χ0v) is 18.8. The molecule has 0 unspecified atom stereocenters. The first kappa shape index (κ1) is 21.1. The van der Waals surface area contributed by atoms with Crippen LogP contribution in [0.1, 0.15) is 11.1 Å². The van der Waals surface area contributed by atoms with E-state index in [-0.39, 0.29) is 0 Å². The highest BCUT2D eigenvalue weighted by Gasteiger charge is 2.17. The van der Waals surface area contributed by atoms with Crippen molar-refractivity contribution >= 4 is 21.5 Å².